The maximum Gasteiger partial charge on any atom is 0.221 e. The summed E-state index contributed by atoms with van der Waals surface area (Å²) in [6.45, 7) is 1.48. The minimum Gasteiger partial charge on any atom is -0.381 e. The Bertz CT molecular complexity index is 1020. The van der Waals surface area contributed by atoms with Gasteiger partial charge in [-0.1, -0.05) is 31.4 Å². The summed E-state index contributed by atoms with van der Waals surface area (Å²) >= 11 is 0. The number of aryl methyl sites for hydroxylation is 1. The Labute approximate surface area is 196 Å². The third kappa shape index (κ3) is 4.96. The fourth-order valence-corrected chi connectivity index (χ4v) is 6.35. The first-order valence-corrected chi connectivity index (χ1v) is 12.9. The van der Waals surface area contributed by atoms with Gasteiger partial charge < -0.3 is 20.8 Å². The molecular weight excluding hydrogens is 414 g/mol. The highest BCUT2D eigenvalue weighted by Crippen LogP contribution is 2.42. The van der Waals surface area contributed by atoms with Gasteiger partial charge >= 0.3 is 0 Å². The Morgan fingerprint density at radius 3 is 2.61 bits per heavy atom. The highest BCUT2D eigenvalue weighted by atomic mass is 16.5. The molecule has 0 radical (unpaired) electrons. The molecule has 0 bridgehead atoms. The number of hydrogen-bond acceptors (Lipinski definition) is 3. The number of carbonyl (C=O) groups is 2. The molecule has 6 heteroatoms. The Hall–Kier alpha value is -2.34. The molecule has 1 saturated carbocycles. The van der Waals surface area contributed by atoms with E-state index in [0.717, 1.165) is 56.4 Å². The topological polar surface area (TPSA) is 97.2 Å². The van der Waals surface area contributed by atoms with Crippen molar-refractivity contribution in [3.63, 3.8) is 0 Å². The van der Waals surface area contributed by atoms with Crippen LogP contribution in [0.3, 0.4) is 0 Å². The second kappa shape index (κ2) is 9.88. The first-order valence-electron chi connectivity index (χ1n) is 12.9. The normalized spacial score (nSPS) is 22.2. The van der Waals surface area contributed by atoms with Crippen LogP contribution < -0.4 is 11.1 Å². The SMILES string of the molecule is NC(=O)Cc1ccc(C2CCCCC2)c2c3c([nH]c12)CC(CC(=O)NC1CCOCC1)CC3. The molecule has 1 aliphatic heterocycles. The van der Waals surface area contributed by atoms with Gasteiger partial charge in [-0.2, -0.15) is 0 Å². The smallest absolute Gasteiger partial charge is 0.221 e. The lowest BCUT2D eigenvalue weighted by Gasteiger charge is -2.26. The summed E-state index contributed by atoms with van der Waals surface area (Å²) in [7, 11) is 0. The number of carbonyl (C=O) groups excluding carboxylic acids is 2. The number of fused-ring (bicyclic) bond motifs is 3. The van der Waals surface area contributed by atoms with E-state index in [2.05, 4.69) is 22.4 Å². The van der Waals surface area contributed by atoms with Gasteiger partial charge in [-0.15, -0.1) is 0 Å². The van der Waals surface area contributed by atoms with E-state index in [0.29, 0.717) is 18.3 Å². The largest absolute Gasteiger partial charge is 0.381 e. The molecular formula is C27H37N3O3. The lowest BCUT2D eigenvalue weighted by Crippen LogP contribution is -2.39. The third-order valence-electron chi connectivity index (χ3n) is 8.03. The number of ether oxygens (including phenoxy) is 1. The van der Waals surface area contributed by atoms with E-state index in [1.807, 2.05) is 0 Å². The summed E-state index contributed by atoms with van der Waals surface area (Å²) in [5, 5.41) is 4.57. The minimum absolute atomic E-state index is 0.170. The molecule has 6 nitrogen and oxygen atoms in total. The molecule has 2 heterocycles. The zero-order valence-corrected chi connectivity index (χ0v) is 19.6. The van der Waals surface area contributed by atoms with Gasteiger partial charge in [0.05, 0.1) is 6.42 Å². The number of hydrogen-bond donors (Lipinski definition) is 3. The van der Waals surface area contributed by atoms with Crippen LogP contribution in [0.15, 0.2) is 12.1 Å². The number of rotatable bonds is 6. The summed E-state index contributed by atoms with van der Waals surface area (Å²) < 4.78 is 5.40. The fourth-order valence-electron chi connectivity index (χ4n) is 6.35. The molecule has 5 rings (SSSR count). The van der Waals surface area contributed by atoms with E-state index in [9.17, 15) is 9.59 Å². The molecule has 1 unspecified atom stereocenters. The van der Waals surface area contributed by atoms with Crippen molar-refractivity contribution >= 4 is 22.7 Å². The van der Waals surface area contributed by atoms with Crippen LogP contribution >= 0.6 is 0 Å². The number of nitrogens with two attached hydrogens (primary N) is 1. The van der Waals surface area contributed by atoms with Crippen molar-refractivity contribution < 1.29 is 14.3 Å². The van der Waals surface area contributed by atoms with Crippen LogP contribution in [-0.2, 0) is 33.6 Å². The molecule has 178 valence electrons. The summed E-state index contributed by atoms with van der Waals surface area (Å²) in [5.74, 6) is 0.829. The predicted molar refractivity (Wildman–Crippen MR) is 129 cm³/mol. The van der Waals surface area contributed by atoms with Gasteiger partial charge in [-0.3, -0.25) is 9.59 Å². The first kappa shape index (κ1) is 22.5. The first-order chi connectivity index (χ1) is 16.1. The second-order valence-electron chi connectivity index (χ2n) is 10.4. The van der Waals surface area contributed by atoms with Crippen LogP contribution in [0.5, 0.6) is 0 Å². The maximum absolute atomic E-state index is 12.7. The van der Waals surface area contributed by atoms with Crippen molar-refractivity contribution in [2.75, 3.05) is 13.2 Å². The second-order valence-corrected chi connectivity index (χ2v) is 10.4. The van der Waals surface area contributed by atoms with E-state index in [-0.39, 0.29) is 24.3 Å². The van der Waals surface area contributed by atoms with E-state index in [4.69, 9.17) is 10.5 Å². The summed E-state index contributed by atoms with van der Waals surface area (Å²) in [6.07, 6.45) is 12.0. The average molecular weight is 452 g/mol. The predicted octanol–water partition coefficient (Wildman–Crippen LogP) is 4.03. The Balaban J connectivity index is 1.38. The molecule has 1 aromatic carbocycles. The molecule has 2 amide bonds. The van der Waals surface area contributed by atoms with Crippen molar-refractivity contribution in [1.82, 2.24) is 10.3 Å². The third-order valence-corrected chi connectivity index (χ3v) is 8.03. The fraction of sp³-hybridized carbons (Fsp3) is 0.630. The summed E-state index contributed by atoms with van der Waals surface area (Å²) in [4.78, 5) is 28.1. The van der Waals surface area contributed by atoms with Crippen molar-refractivity contribution in [2.24, 2.45) is 11.7 Å². The van der Waals surface area contributed by atoms with Crippen LogP contribution in [0.4, 0.5) is 0 Å². The van der Waals surface area contributed by atoms with Gasteiger partial charge in [0.1, 0.15) is 0 Å². The highest BCUT2D eigenvalue weighted by molar-refractivity contribution is 5.93. The molecule has 33 heavy (non-hydrogen) atoms. The molecule has 0 spiro atoms. The van der Waals surface area contributed by atoms with Crippen LogP contribution in [0.25, 0.3) is 10.9 Å². The van der Waals surface area contributed by atoms with Crippen LogP contribution in [0, 0.1) is 5.92 Å². The van der Waals surface area contributed by atoms with Crippen LogP contribution in [0.2, 0.25) is 0 Å². The van der Waals surface area contributed by atoms with Crippen molar-refractivity contribution in [2.45, 2.75) is 89.0 Å². The number of amides is 2. The number of H-pyrrole nitrogens is 1. The molecule has 1 saturated heterocycles. The van der Waals surface area contributed by atoms with E-state index in [1.165, 1.54) is 54.3 Å². The lowest BCUT2D eigenvalue weighted by atomic mass is 9.79. The molecule has 1 atom stereocenters. The van der Waals surface area contributed by atoms with Crippen molar-refractivity contribution in [3.8, 4) is 0 Å². The Morgan fingerprint density at radius 1 is 1.06 bits per heavy atom. The van der Waals surface area contributed by atoms with Crippen LogP contribution in [-0.4, -0.2) is 36.1 Å². The lowest BCUT2D eigenvalue weighted by molar-refractivity contribution is -0.123. The van der Waals surface area contributed by atoms with E-state index >= 15 is 0 Å². The average Bonchev–Trinajstić information content (AvgIpc) is 3.19. The van der Waals surface area contributed by atoms with E-state index < -0.39 is 0 Å². The minimum atomic E-state index is -0.294. The highest BCUT2D eigenvalue weighted by Gasteiger charge is 2.29. The molecule has 3 aliphatic rings. The van der Waals surface area contributed by atoms with Crippen molar-refractivity contribution in [3.05, 3.63) is 34.5 Å². The maximum atomic E-state index is 12.7. The number of nitrogens with one attached hydrogen (secondary N) is 2. The van der Waals surface area contributed by atoms with Gasteiger partial charge in [-0.25, -0.2) is 0 Å². The molecule has 2 aromatic rings. The summed E-state index contributed by atoms with van der Waals surface area (Å²) in [6, 6.07) is 4.63. The van der Waals surface area contributed by atoms with E-state index in [1.54, 1.807) is 0 Å². The quantitative estimate of drug-likeness (QED) is 0.618. The molecule has 1 aromatic heterocycles. The number of primary amides is 1. The standard InChI is InChI=1S/C27H37N3O3/c28-24(31)16-19-7-9-21(18-4-2-1-3-5-18)26-22-8-6-17(14-23(22)30-27(19)26)15-25(32)29-20-10-12-33-13-11-20/h7,9,17-18,20,30H,1-6,8,10-16H2,(H2,28,31)(H,29,32). The monoisotopic (exact) mass is 451 g/mol. The number of aromatic nitrogens is 1. The van der Waals surface area contributed by atoms with Gasteiger partial charge in [0.15, 0.2) is 0 Å². The zero-order chi connectivity index (χ0) is 22.8. The summed E-state index contributed by atoms with van der Waals surface area (Å²) in [5.41, 5.74) is 11.8. The molecule has 2 fully saturated rings. The Kier molecular flexibility index (Phi) is 6.72. The zero-order valence-electron chi connectivity index (χ0n) is 19.6. The number of benzene rings is 1. The van der Waals surface area contributed by atoms with Crippen LogP contribution in [0.1, 0.15) is 86.1 Å². The van der Waals surface area contributed by atoms with Crippen molar-refractivity contribution in [1.29, 1.82) is 0 Å². The molecule has 2 aliphatic carbocycles. The van der Waals surface area contributed by atoms with Gasteiger partial charge in [0.2, 0.25) is 11.8 Å². The Morgan fingerprint density at radius 2 is 1.85 bits per heavy atom. The molecule has 4 N–H and O–H groups in total. The van der Waals surface area contributed by atoms with Gasteiger partial charge in [0.25, 0.3) is 0 Å². The number of aromatic amines is 1. The van der Waals surface area contributed by atoms with Gasteiger partial charge in [0, 0.05) is 42.3 Å². The van der Waals surface area contributed by atoms with Gasteiger partial charge in [-0.05, 0) is 73.5 Å².